The lowest BCUT2D eigenvalue weighted by Gasteiger charge is -2.23. The minimum Gasteiger partial charge on any atom is -0.445 e. The van der Waals surface area contributed by atoms with Gasteiger partial charge < -0.3 is 15.4 Å². The summed E-state index contributed by atoms with van der Waals surface area (Å²) in [4.78, 5) is 24.6. The molecule has 0 aliphatic heterocycles. The zero-order valence-electron chi connectivity index (χ0n) is 15.2. The van der Waals surface area contributed by atoms with Crippen LogP contribution in [0.3, 0.4) is 0 Å². The third-order valence-electron chi connectivity index (χ3n) is 4.17. The highest BCUT2D eigenvalue weighted by Gasteiger charge is 2.26. The summed E-state index contributed by atoms with van der Waals surface area (Å²) in [5, 5.41) is 5.03. The maximum Gasteiger partial charge on any atom is 0.408 e. The molecule has 2 aromatic carbocycles. The summed E-state index contributed by atoms with van der Waals surface area (Å²) in [6.45, 7) is 3.75. The lowest BCUT2D eigenvalue weighted by atomic mass is 9.98. The molecule has 0 spiro atoms. The lowest BCUT2D eigenvalue weighted by Crippen LogP contribution is -2.47. The Hall–Kier alpha value is -2.96. The van der Waals surface area contributed by atoms with Gasteiger partial charge in [-0.2, -0.15) is 0 Å². The molecule has 27 heavy (non-hydrogen) atoms. The third kappa shape index (κ3) is 6.06. The van der Waals surface area contributed by atoms with E-state index in [9.17, 15) is 18.4 Å². The molecule has 2 amide bonds. The summed E-state index contributed by atoms with van der Waals surface area (Å²) in [6, 6.07) is 11.3. The highest BCUT2D eigenvalue weighted by Crippen LogP contribution is 2.16. The van der Waals surface area contributed by atoms with Gasteiger partial charge in [0.05, 0.1) is 0 Å². The molecular formula is C20H22F2N2O3. The Morgan fingerprint density at radius 1 is 1.07 bits per heavy atom. The van der Waals surface area contributed by atoms with Crippen molar-refractivity contribution in [1.29, 1.82) is 0 Å². The minimum absolute atomic E-state index is 0.0741. The van der Waals surface area contributed by atoms with E-state index in [-0.39, 0.29) is 18.2 Å². The largest absolute Gasteiger partial charge is 0.445 e. The SMILES string of the molecule is CC[C@H](C)[C@H](NC(=O)OCc1ccccc1)C(=O)Nc1ccc(F)c(F)c1. The molecule has 2 atom stereocenters. The van der Waals surface area contributed by atoms with E-state index in [0.717, 1.165) is 17.7 Å². The zero-order valence-corrected chi connectivity index (χ0v) is 15.2. The number of carbonyl (C=O) groups is 2. The van der Waals surface area contributed by atoms with Gasteiger partial charge in [0.15, 0.2) is 11.6 Å². The number of alkyl carbamates (subject to hydrolysis) is 1. The van der Waals surface area contributed by atoms with Crippen LogP contribution in [0, 0.1) is 17.6 Å². The van der Waals surface area contributed by atoms with Gasteiger partial charge in [0.1, 0.15) is 12.6 Å². The Balaban J connectivity index is 1.99. The highest BCUT2D eigenvalue weighted by molar-refractivity contribution is 5.96. The van der Waals surface area contributed by atoms with Gasteiger partial charge in [0.2, 0.25) is 5.91 Å². The summed E-state index contributed by atoms with van der Waals surface area (Å²) < 4.78 is 31.5. The third-order valence-corrected chi connectivity index (χ3v) is 4.17. The lowest BCUT2D eigenvalue weighted by molar-refractivity contribution is -0.119. The van der Waals surface area contributed by atoms with E-state index in [1.165, 1.54) is 6.07 Å². The molecule has 0 heterocycles. The van der Waals surface area contributed by atoms with Crippen molar-refractivity contribution in [3.8, 4) is 0 Å². The van der Waals surface area contributed by atoms with Gasteiger partial charge in [-0.3, -0.25) is 4.79 Å². The van der Waals surface area contributed by atoms with Crippen molar-refractivity contribution < 1.29 is 23.1 Å². The van der Waals surface area contributed by atoms with Crippen LogP contribution < -0.4 is 10.6 Å². The molecule has 0 radical (unpaired) electrons. The number of amides is 2. The van der Waals surface area contributed by atoms with Crippen LogP contribution in [0.5, 0.6) is 0 Å². The van der Waals surface area contributed by atoms with Crippen LogP contribution in [-0.2, 0) is 16.1 Å². The molecule has 0 aliphatic carbocycles. The number of benzene rings is 2. The fourth-order valence-electron chi connectivity index (χ4n) is 2.39. The van der Waals surface area contributed by atoms with Gasteiger partial charge >= 0.3 is 6.09 Å². The fourth-order valence-corrected chi connectivity index (χ4v) is 2.39. The summed E-state index contributed by atoms with van der Waals surface area (Å²) in [5.41, 5.74) is 0.922. The number of hydrogen-bond acceptors (Lipinski definition) is 3. The van der Waals surface area contributed by atoms with E-state index < -0.39 is 29.7 Å². The molecule has 0 unspecified atom stereocenters. The topological polar surface area (TPSA) is 67.4 Å². The number of carbonyl (C=O) groups excluding carboxylic acids is 2. The van der Waals surface area contributed by atoms with Crippen molar-refractivity contribution in [3.05, 3.63) is 65.7 Å². The molecule has 2 N–H and O–H groups in total. The van der Waals surface area contributed by atoms with E-state index in [2.05, 4.69) is 10.6 Å². The molecule has 7 heteroatoms. The molecule has 2 rings (SSSR count). The molecule has 0 bridgehead atoms. The predicted octanol–water partition coefficient (Wildman–Crippen LogP) is 4.24. The van der Waals surface area contributed by atoms with Gasteiger partial charge in [-0.15, -0.1) is 0 Å². The van der Waals surface area contributed by atoms with Crippen molar-refractivity contribution in [2.45, 2.75) is 32.9 Å². The first-order valence-corrected chi connectivity index (χ1v) is 8.63. The van der Waals surface area contributed by atoms with Crippen LogP contribution >= 0.6 is 0 Å². The quantitative estimate of drug-likeness (QED) is 0.759. The van der Waals surface area contributed by atoms with Crippen LogP contribution in [0.4, 0.5) is 19.3 Å². The molecule has 0 aromatic heterocycles. The number of nitrogens with one attached hydrogen (secondary N) is 2. The van der Waals surface area contributed by atoms with Gasteiger partial charge in [-0.25, -0.2) is 13.6 Å². The van der Waals surface area contributed by atoms with Crippen LogP contribution in [0.1, 0.15) is 25.8 Å². The Morgan fingerprint density at radius 2 is 1.78 bits per heavy atom. The standard InChI is InChI=1S/C20H22F2N2O3/c1-3-13(2)18(19(25)23-15-9-10-16(21)17(22)11-15)24-20(26)27-12-14-7-5-4-6-8-14/h4-11,13,18H,3,12H2,1-2H3,(H,23,25)(H,24,26)/t13-,18-/m0/s1. The monoisotopic (exact) mass is 376 g/mol. The highest BCUT2D eigenvalue weighted by atomic mass is 19.2. The molecule has 0 saturated carbocycles. The van der Waals surface area contributed by atoms with Crippen LogP contribution in [0.25, 0.3) is 0 Å². The van der Waals surface area contributed by atoms with Crippen LogP contribution in [-0.4, -0.2) is 18.0 Å². The molecule has 144 valence electrons. The van der Waals surface area contributed by atoms with E-state index in [4.69, 9.17) is 4.74 Å². The van der Waals surface area contributed by atoms with Gasteiger partial charge in [0.25, 0.3) is 0 Å². The molecule has 0 aliphatic rings. The number of anilines is 1. The number of hydrogen-bond donors (Lipinski definition) is 2. The van der Waals surface area contributed by atoms with Crippen molar-refractivity contribution in [2.24, 2.45) is 5.92 Å². The fraction of sp³-hybridized carbons (Fsp3) is 0.300. The van der Waals surface area contributed by atoms with Gasteiger partial charge in [-0.05, 0) is 23.6 Å². The van der Waals surface area contributed by atoms with E-state index >= 15 is 0 Å². The molecule has 2 aromatic rings. The Labute approximate surface area is 156 Å². The first kappa shape index (κ1) is 20.4. The average molecular weight is 376 g/mol. The Bertz CT molecular complexity index is 784. The first-order chi connectivity index (χ1) is 12.9. The summed E-state index contributed by atoms with van der Waals surface area (Å²) >= 11 is 0. The smallest absolute Gasteiger partial charge is 0.408 e. The van der Waals surface area contributed by atoms with Crippen molar-refractivity contribution in [2.75, 3.05) is 5.32 Å². The second-order valence-corrected chi connectivity index (χ2v) is 6.19. The second kappa shape index (κ2) is 9.66. The van der Waals surface area contributed by atoms with Crippen LogP contribution in [0.2, 0.25) is 0 Å². The van der Waals surface area contributed by atoms with Crippen molar-refractivity contribution in [3.63, 3.8) is 0 Å². The van der Waals surface area contributed by atoms with Gasteiger partial charge in [-0.1, -0.05) is 50.6 Å². The van der Waals surface area contributed by atoms with Gasteiger partial charge in [0, 0.05) is 11.8 Å². The average Bonchev–Trinajstić information content (AvgIpc) is 2.67. The summed E-state index contributed by atoms with van der Waals surface area (Å²) in [7, 11) is 0. The molecule has 0 saturated heterocycles. The number of halogens is 2. The summed E-state index contributed by atoms with van der Waals surface area (Å²) in [5.74, 6) is -2.80. The van der Waals surface area contributed by atoms with E-state index in [0.29, 0.717) is 6.42 Å². The zero-order chi connectivity index (χ0) is 19.8. The molecular weight excluding hydrogens is 354 g/mol. The second-order valence-electron chi connectivity index (χ2n) is 6.19. The first-order valence-electron chi connectivity index (χ1n) is 8.63. The van der Waals surface area contributed by atoms with Crippen molar-refractivity contribution in [1.82, 2.24) is 5.32 Å². The molecule has 5 nitrogen and oxygen atoms in total. The Kier molecular flexibility index (Phi) is 7.28. The maximum atomic E-state index is 13.3. The van der Waals surface area contributed by atoms with Crippen molar-refractivity contribution >= 4 is 17.7 Å². The van der Waals surface area contributed by atoms with Crippen LogP contribution in [0.15, 0.2) is 48.5 Å². The minimum atomic E-state index is -1.07. The van der Waals surface area contributed by atoms with E-state index in [1.54, 1.807) is 6.92 Å². The molecule has 0 fully saturated rings. The number of ether oxygens (including phenoxy) is 1. The predicted molar refractivity (Wildman–Crippen MR) is 98.0 cm³/mol. The number of rotatable bonds is 7. The Morgan fingerprint density at radius 3 is 2.41 bits per heavy atom. The van der Waals surface area contributed by atoms with E-state index in [1.807, 2.05) is 37.3 Å². The maximum absolute atomic E-state index is 13.3. The summed E-state index contributed by atoms with van der Waals surface area (Å²) in [6.07, 6.45) is -0.112. The normalized spacial score (nSPS) is 12.7.